The molecule has 1 atom stereocenters. The first-order valence-electron chi connectivity index (χ1n) is 7.21. The molecule has 0 aliphatic heterocycles. The molecular formula is C15H16Cl3NO3. The molecule has 0 bridgehead atoms. The van der Waals surface area contributed by atoms with Crippen molar-refractivity contribution in [3.63, 3.8) is 0 Å². The molecule has 0 saturated carbocycles. The highest BCUT2D eigenvalue weighted by Gasteiger charge is 2.30. The molecule has 1 unspecified atom stereocenters. The molecule has 1 aromatic rings. The third kappa shape index (κ3) is 3.30. The van der Waals surface area contributed by atoms with Crippen molar-refractivity contribution >= 4 is 46.6 Å². The Hall–Kier alpha value is -0.680. The molecule has 0 spiro atoms. The summed E-state index contributed by atoms with van der Waals surface area (Å²) >= 11 is 16.7. The van der Waals surface area contributed by atoms with Gasteiger partial charge in [0.15, 0.2) is 0 Å². The van der Waals surface area contributed by atoms with Gasteiger partial charge >= 0.3 is 6.09 Å². The number of ether oxygens (including phenoxy) is 1. The lowest BCUT2D eigenvalue weighted by molar-refractivity contribution is 0.163. The van der Waals surface area contributed by atoms with Crippen molar-refractivity contribution in [1.29, 1.82) is 0 Å². The Morgan fingerprint density at radius 2 is 2.09 bits per heavy atom. The summed E-state index contributed by atoms with van der Waals surface area (Å²) in [5.74, 6) is 0. The van der Waals surface area contributed by atoms with E-state index in [9.17, 15) is 9.90 Å². The first-order chi connectivity index (χ1) is 10.3. The molecule has 2 aliphatic rings. The smallest absolute Gasteiger partial charge is 0.411 e. The van der Waals surface area contributed by atoms with E-state index in [4.69, 9.17) is 39.5 Å². The molecular weight excluding hydrogens is 349 g/mol. The minimum absolute atomic E-state index is 0.330. The Morgan fingerprint density at radius 3 is 2.82 bits per heavy atom. The van der Waals surface area contributed by atoms with Crippen LogP contribution in [0.15, 0.2) is 6.07 Å². The molecule has 4 nitrogen and oxygen atoms in total. The first kappa shape index (κ1) is 16.2. The maximum Gasteiger partial charge on any atom is 0.411 e. The normalized spacial score (nSPS) is 19.7. The lowest BCUT2D eigenvalue weighted by Crippen LogP contribution is -2.22. The van der Waals surface area contributed by atoms with Gasteiger partial charge in [0.1, 0.15) is 6.61 Å². The van der Waals surface area contributed by atoms with Crippen LogP contribution >= 0.6 is 34.8 Å². The second-order valence-corrected chi connectivity index (χ2v) is 8.20. The van der Waals surface area contributed by atoms with Crippen LogP contribution in [0.25, 0.3) is 0 Å². The van der Waals surface area contributed by atoms with Crippen LogP contribution in [-0.2, 0) is 24.0 Å². The third-order valence-corrected chi connectivity index (χ3v) is 4.47. The van der Waals surface area contributed by atoms with Crippen LogP contribution in [0, 0.1) is 0 Å². The first-order valence-corrected chi connectivity index (χ1v) is 8.34. The number of hydrogen-bond acceptors (Lipinski definition) is 3. The van der Waals surface area contributed by atoms with Gasteiger partial charge < -0.3 is 9.84 Å². The molecule has 1 amide bonds. The van der Waals surface area contributed by atoms with Crippen molar-refractivity contribution in [2.45, 2.75) is 42.0 Å². The zero-order valence-corrected chi connectivity index (χ0v) is 14.1. The maximum absolute atomic E-state index is 12.0. The summed E-state index contributed by atoms with van der Waals surface area (Å²) in [4.78, 5) is 12.0. The van der Waals surface area contributed by atoms with E-state index < -0.39 is 16.0 Å². The summed E-state index contributed by atoms with van der Waals surface area (Å²) in [6, 6.07) is 2.16. The molecule has 1 aromatic carbocycles. The van der Waals surface area contributed by atoms with Gasteiger partial charge in [-0.15, -0.1) is 0 Å². The molecule has 2 N–H and O–H groups in total. The predicted molar refractivity (Wildman–Crippen MR) is 87.0 cm³/mol. The Labute approximate surface area is 143 Å². The van der Waals surface area contributed by atoms with Gasteiger partial charge in [-0.05, 0) is 48.8 Å². The zero-order chi connectivity index (χ0) is 15.9. The highest BCUT2D eigenvalue weighted by Crippen LogP contribution is 2.43. The topological polar surface area (TPSA) is 58.6 Å². The van der Waals surface area contributed by atoms with E-state index in [0.717, 1.165) is 42.4 Å². The molecule has 0 fully saturated rings. The highest BCUT2D eigenvalue weighted by atomic mass is 35.6. The maximum atomic E-state index is 12.0. The molecule has 0 aromatic heterocycles. The number of carbonyl (C=O) groups excluding carboxylic acids is 1. The van der Waals surface area contributed by atoms with Gasteiger partial charge in [-0.25, -0.2) is 4.79 Å². The average Bonchev–Trinajstić information content (AvgIpc) is 3.03. The SMILES string of the molecule is O=C(Nc1c2c(cc3c1C(O)CC3)CCC2)OCC(Cl)(Cl)Cl. The van der Waals surface area contributed by atoms with Crippen LogP contribution in [-0.4, -0.2) is 21.6 Å². The van der Waals surface area contributed by atoms with Crippen LogP contribution in [0.2, 0.25) is 0 Å². The van der Waals surface area contributed by atoms with E-state index in [2.05, 4.69) is 11.4 Å². The largest absolute Gasteiger partial charge is 0.445 e. The third-order valence-electron chi connectivity index (χ3n) is 4.14. The zero-order valence-electron chi connectivity index (χ0n) is 11.8. The van der Waals surface area contributed by atoms with E-state index in [0.29, 0.717) is 12.1 Å². The van der Waals surface area contributed by atoms with Crippen molar-refractivity contribution in [3.05, 3.63) is 28.3 Å². The summed E-state index contributed by atoms with van der Waals surface area (Å²) in [5, 5.41) is 13.0. The number of alkyl halides is 3. The monoisotopic (exact) mass is 363 g/mol. The number of aliphatic hydroxyl groups is 1. The minimum atomic E-state index is -1.64. The van der Waals surface area contributed by atoms with Crippen molar-refractivity contribution in [2.75, 3.05) is 11.9 Å². The molecule has 3 rings (SSSR count). The fourth-order valence-electron chi connectivity index (χ4n) is 3.28. The number of fused-ring (bicyclic) bond motifs is 2. The minimum Gasteiger partial charge on any atom is -0.445 e. The number of aryl methyl sites for hydroxylation is 2. The van der Waals surface area contributed by atoms with Gasteiger partial charge in [-0.1, -0.05) is 40.9 Å². The highest BCUT2D eigenvalue weighted by molar-refractivity contribution is 6.67. The molecule has 0 heterocycles. The molecule has 7 heteroatoms. The van der Waals surface area contributed by atoms with E-state index in [1.165, 1.54) is 5.56 Å². The van der Waals surface area contributed by atoms with E-state index in [1.54, 1.807) is 0 Å². The number of hydrogen-bond donors (Lipinski definition) is 2. The second kappa shape index (κ2) is 6.08. The number of benzene rings is 1. The standard InChI is InChI=1S/C15H16Cl3NO3/c16-15(17,18)7-22-14(21)19-13-10-3-1-2-8(10)6-9-4-5-11(20)12(9)13/h6,11,20H,1-5,7H2,(H,19,21). The predicted octanol–water partition coefficient (Wildman–Crippen LogP) is 4.07. The lowest BCUT2D eigenvalue weighted by Gasteiger charge is -2.18. The van der Waals surface area contributed by atoms with E-state index in [1.807, 2.05) is 0 Å². The average molecular weight is 365 g/mol. The van der Waals surface area contributed by atoms with Crippen LogP contribution in [0.5, 0.6) is 0 Å². The fraction of sp³-hybridized carbons (Fsp3) is 0.533. The Morgan fingerprint density at radius 1 is 1.32 bits per heavy atom. The van der Waals surface area contributed by atoms with Crippen LogP contribution in [0.4, 0.5) is 10.5 Å². The lowest BCUT2D eigenvalue weighted by atomic mass is 9.98. The van der Waals surface area contributed by atoms with Crippen molar-refractivity contribution in [1.82, 2.24) is 0 Å². The Balaban J connectivity index is 1.86. The second-order valence-electron chi connectivity index (χ2n) is 5.69. The van der Waals surface area contributed by atoms with Gasteiger partial charge in [0.2, 0.25) is 3.79 Å². The van der Waals surface area contributed by atoms with Crippen LogP contribution < -0.4 is 5.32 Å². The van der Waals surface area contributed by atoms with Gasteiger partial charge in [-0.2, -0.15) is 0 Å². The van der Waals surface area contributed by atoms with Crippen molar-refractivity contribution in [2.24, 2.45) is 0 Å². The fourth-order valence-corrected chi connectivity index (χ4v) is 3.44. The molecule has 120 valence electrons. The van der Waals surface area contributed by atoms with Gasteiger partial charge in [0, 0.05) is 5.56 Å². The Kier molecular flexibility index (Phi) is 4.47. The van der Waals surface area contributed by atoms with Crippen molar-refractivity contribution in [3.8, 4) is 0 Å². The van der Waals surface area contributed by atoms with Gasteiger partial charge in [-0.3, -0.25) is 5.32 Å². The number of carbonyl (C=O) groups is 1. The summed E-state index contributed by atoms with van der Waals surface area (Å²) in [5.41, 5.74) is 4.93. The molecule has 0 radical (unpaired) electrons. The van der Waals surface area contributed by atoms with E-state index in [-0.39, 0.29) is 6.61 Å². The van der Waals surface area contributed by atoms with E-state index >= 15 is 0 Å². The Bertz CT molecular complexity index is 613. The van der Waals surface area contributed by atoms with Crippen molar-refractivity contribution < 1.29 is 14.6 Å². The number of halogens is 3. The number of amides is 1. The van der Waals surface area contributed by atoms with Gasteiger partial charge in [0.05, 0.1) is 11.8 Å². The number of aliphatic hydroxyl groups excluding tert-OH is 1. The van der Waals surface area contributed by atoms with Crippen LogP contribution in [0.3, 0.4) is 0 Å². The number of nitrogens with one attached hydrogen (secondary N) is 1. The summed E-state index contributed by atoms with van der Waals surface area (Å²) in [6.45, 7) is -0.330. The summed E-state index contributed by atoms with van der Waals surface area (Å²) < 4.78 is 3.30. The molecule has 22 heavy (non-hydrogen) atoms. The number of rotatable bonds is 2. The molecule has 2 aliphatic carbocycles. The number of anilines is 1. The summed E-state index contributed by atoms with van der Waals surface area (Å²) in [7, 11) is 0. The quantitative estimate of drug-likeness (QED) is 0.778. The summed E-state index contributed by atoms with van der Waals surface area (Å²) in [6.07, 6.45) is 3.20. The molecule has 0 saturated heterocycles. The van der Waals surface area contributed by atoms with Crippen LogP contribution in [0.1, 0.15) is 41.2 Å². The van der Waals surface area contributed by atoms with Gasteiger partial charge in [0.25, 0.3) is 0 Å².